The summed E-state index contributed by atoms with van der Waals surface area (Å²) in [6, 6.07) is 9.00. The van der Waals surface area contributed by atoms with E-state index in [1.54, 1.807) is 29.0 Å². The second-order valence-corrected chi connectivity index (χ2v) is 8.46. The van der Waals surface area contributed by atoms with E-state index >= 15 is 0 Å². The Hall–Kier alpha value is -4.23. The molecule has 10 heteroatoms. The lowest BCUT2D eigenvalue weighted by Gasteiger charge is -2.20. The number of hydrogen-bond acceptors (Lipinski definition) is 5. The Morgan fingerprint density at radius 1 is 1.06 bits per heavy atom. The molecule has 1 aliphatic heterocycles. The van der Waals surface area contributed by atoms with Crippen molar-refractivity contribution >= 4 is 17.2 Å². The van der Waals surface area contributed by atoms with Crippen molar-refractivity contribution in [1.82, 2.24) is 24.5 Å². The van der Waals surface area contributed by atoms with Gasteiger partial charge in [0.1, 0.15) is 5.69 Å². The fourth-order valence-electron chi connectivity index (χ4n) is 4.12. The number of anilines is 1. The molecule has 5 rings (SSSR count). The summed E-state index contributed by atoms with van der Waals surface area (Å²) in [5.41, 5.74) is 1.37. The molecule has 3 aromatic heterocycles. The Kier molecular flexibility index (Phi) is 6.40. The SMILES string of the molecule is O=C(Nc1ccc(CN2CCCC2)c(C(F)(F)F)c1)c1cncc(C#Cc2cnc3cccnn23)c1. The lowest BCUT2D eigenvalue weighted by molar-refractivity contribution is -0.138. The fraction of sp³-hybridized carbons (Fsp3) is 0.231. The van der Waals surface area contributed by atoms with E-state index in [0.717, 1.165) is 32.0 Å². The smallest absolute Gasteiger partial charge is 0.322 e. The molecular weight excluding hydrogens is 469 g/mol. The van der Waals surface area contributed by atoms with Gasteiger partial charge in [0.25, 0.3) is 5.91 Å². The number of benzene rings is 1. The first-order valence-corrected chi connectivity index (χ1v) is 11.4. The van der Waals surface area contributed by atoms with Crippen molar-refractivity contribution in [2.75, 3.05) is 18.4 Å². The van der Waals surface area contributed by atoms with Gasteiger partial charge in [-0.3, -0.25) is 14.7 Å². The van der Waals surface area contributed by atoms with E-state index in [1.807, 2.05) is 4.90 Å². The molecule has 1 aromatic carbocycles. The molecule has 0 aliphatic carbocycles. The first-order valence-electron chi connectivity index (χ1n) is 11.4. The average molecular weight is 490 g/mol. The molecule has 0 saturated carbocycles. The maximum absolute atomic E-state index is 13.7. The molecule has 0 atom stereocenters. The highest BCUT2D eigenvalue weighted by atomic mass is 19.4. The molecule has 0 unspecified atom stereocenters. The van der Waals surface area contributed by atoms with E-state index in [2.05, 4.69) is 32.2 Å². The molecule has 36 heavy (non-hydrogen) atoms. The van der Waals surface area contributed by atoms with Crippen molar-refractivity contribution < 1.29 is 18.0 Å². The van der Waals surface area contributed by atoms with Crippen LogP contribution < -0.4 is 5.32 Å². The predicted molar refractivity (Wildman–Crippen MR) is 127 cm³/mol. The van der Waals surface area contributed by atoms with Crippen LogP contribution in [0.1, 0.15) is 45.6 Å². The lowest BCUT2D eigenvalue weighted by atomic mass is 10.0. The topological polar surface area (TPSA) is 75.4 Å². The van der Waals surface area contributed by atoms with Crippen LogP contribution in [-0.2, 0) is 12.7 Å². The van der Waals surface area contributed by atoms with Gasteiger partial charge in [0.15, 0.2) is 5.65 Å². The molecule has 7 nitrogen and oxygen atoms in total. The summed E-state index contributed by atoms with van der Waals surface area (Å²) in [4.78, 5) is 23.1. The highest BCUT2D eigenvalue weighted by Gasteiger charge is 2.34. The number of alkyl halides is 3. The minimum Gasteiger partial charge on any atom is -0.322 e. The number of pyridine rings is 1. The summed E-state index contributed by atoms with van der Waals surface area (Å²) in [5, 5.41) is 6.74. The number of fused-ring (bicyclic) bond motifs is 1. The summed E-state index contributed by atoms with van der Waals surface area (Å²) in [7, 11) is 0. The number of aromatic nitrogens is 4. The van der Waals surface area contributed by atoms with Crippen LogP contribution in [0, 0.1) is 11.8 Å². The van der Waals surface area contributed by atoms with E-state index in [4.69, 9.17) is 0 Å². The third-order valence-corrected chi connectivity index (χ3v) is 5.88. The molecule has 1 saturated heterocycles. The Morgan fingerprint density at radius 2 is 1.89 bits per heavy atom. The van der Waals surface area contributed by atoms with Crippen LogP contribution in [0.2, 0.25) is 0 Å². The molecule has 182 valence electrons. The zero-order chi connectivity index (χ0) is 25.1. The Balaban J connectivity index is 1.34. The summed E-state index contributed by atoms with van der Waals surface area (Å²) in [5.74, 6) is 5.29. The molecule has 1 fully saturated rings. The van der Waals surface area contributed by atoms with Gasteiger partial charge in [0.05, 0.1) is 17.3 Å². The number of halogens is 3. The van der Waals surface area contributed by atoms with Crippen molar-refractivity contribution in [1.29, 1.82) is 0 Å². The van der Waals surface area contributed by atoms with Crippen LogP contribution >= 0.6 is 0 Å². The van der Waals surface area contributed by atoms with Crippen molar-refractivity contribution in [3.05, 3.63) is 89.1 Å². The fourth-order valence-corrected chi connectivity index (χ4v) is 4.12. The highest BCUT2D eigenvalue weighted by molar-refractivity contribution is 6.04. The van der Waals surface area contributed by atoms with Gasteiger partial charge in [0.2, 0.25) is 0 Å². The molecule has 1 N–H and O–H groups in total. The Bertz CT molecular complexity index is 1480. The molecule has 4 heterocycles. The number of amides is 1. The van der Waals surface area contributed by atoms with Crippen molar-refractivity contribution in [2.24, 2.45) is 0 Å². The molecular formula is C26H21F3N6O. The number of nitrogens with one attached hydrogen (secondary N) is 1. The third kappa shape index (κ3) is 5.21. The van der Waals surface area contributed by atoms with Crippen molar-refractivity contribution in [3.8, 4) is 11.8 Å². The summed E-state index contributed by atoms with van der Waals surface area (Å²) < 4.78 is 42.8. The monoisotopic (exact) mass is 490 g/mol. The number of carbonyl (C=O) groups excluding carboxylic acids is 1. The van der Waals surface area contributed by atoms with E-state index in [1.165, 1.54) is 30.6 Å². The number of likely N-dealkylation sites (tertiary alicyclic amines) is 1. The van der Waals surface area contributed by atoms with Crippen LogP contribution in [-0.4, -0.2) is 43.5 Å². The van der Waals surface area contributed by atoms with Crippen molar-refractivity contribution in [2.45, 2.75) is 25.6 Å². The maximum Gasteiger partial charge on any atom is 0.416 e. The molecule has 1 amide bonds. The van der Waals surface area contributed by atoms with Gasteiger partial charge in [-0.05, 0) is 67.7 Å². The predicted octanol–water partition coefficient (Wildman–Crippen LogP) is 4.39. The molecule has 0 radical (unpaired) electrons. The van der Waals surface area contributed by atoms with Gasteiger partial charge in [-0.15, -0.1) is 0 Å². The Labute approximate surface area is 205 Å². The first kappa shape index (κ1) is 23.5. The van der Waals surface area contributed by atoms with Gasteiger partial charge in [-0.25, -0.2) is 9.50 Å². The van der Waals surface area contributed by atoms with E-state index in [0.29, 0.717) is 16.9 Å². The van der Waals surface area contributed by atoms with Gasteiger partial charge >= 0.3 is 6.18 Å². The second kappa shape index (κ2) is 9.79. The summed E-state index contributed by atoms with van der Waals surface area (Å²) >= 11 is 0. The third-order valence-electron chi connectivity index (χ3n) is 5.88. The van der Waals surface area contributed by atoms with Crippen molar-refractivity contribution in [3.63, 3.8) is 0 Å². The van der Waals surface area contributed by atoms with Crippen LogP contribution in [0.3, 0.4) is 0 Å². The van der Waals surface area contributed by atoms with E-state index in [-0.39, 0.29) is 23.4 Å². The van der Waals surface area contributed by atoms with Crippen LogP contribution in [0.4, 0.5) is 18.9 Å². The van der Waals surface area contributed by atoms with Crippen LogP contribution in [0.15, 0.2) is 61.2 Å². The maximum atomic E-state index is 13.7. The standard InChI is InChI=1S/C26H21F3N6O/c27-26(28,29)23-13-21(7-6-19(23)17-34-10-1-2-11-34)33-25(36)20-12-18(14-30-15-20)5-8-22-16-31-24-4-3-9-32-35(22)24/h3-4,6-7,9,12-16H,1-2,10-11,17H2,(H,33,36). The van der Waals surface area contributed by atoms with Gasteiger partial charge in [0, 0.05) is 36.4 Å². The molecule has 0 bridgehead atoms. The Morgan fingerprint density at radius 3 is 2.69 bits per heavy atom. The highest BCUT2D eigenvalue weighted by Crippen LogP contribution is 2.35. The summed E-state index contributed by atoms with van der Waals surface area (Å²) in [6.07, 6.45) is 3.49. The molecule has 1 aliphatic rings. The van der Waals surface area contributed by atoms with E-state index < -0.39 is 17.6 Å². The number of rotatable bonds is 4. The number of hydrogen-bond donors (Lipinski definition) is 1. The molecule has 4 aromatic rings. The van der Waals surface area contributed by atoms with E-state index in [9.17, 15) is 18.0 Å². The zero-order valence-electron chi connectivity index (χ0n) is 19.1. The number of carbonyl (C=O) groups is 1. The molecule has 0 spiro atoms. The lowest BCUT2D eigenvalue weighted by Crippen LogP contribution is -2.21. The van der Waals surface area contributed by atoms with Crippen LogP contribution in [0.25, 0.3) is 5.65 Å². The number of nitrogens with zero attached hydrogens (tertiary/aromatic N) is 5. The first-order chi connectivity index (χ1) is 17.4. The zero-order valence-corrected chi connectivity index (χ0v) is 19.1. The quantitative estimate of drug-likeness (QED) is 0.430. The minimum absolute atomic E-state index is 0.0609. The van der Waals surface area contributed by atoms with Gasteiger partial charge in [-0.1, -0.05) is 12.0 Å². The van der Waals surface area contributed by atoms with Gasteiger partial charge < -0.3 is 5.32 Å². The van der Waals surface area contributed by atoms with Gasteiger partial charge in [-0.2, -0.15) is 18.3 Å². The van der Waals surface area contributed by atoms with Crippen LogP contribution in [0.5, 0.6) is 0 Å². The summed E-state index contributed by atoms with van der Waals surface area (Å²) in [6.45, 7) is 1.81. The average Bonchev–Trinajstić information content (AvgIpc) is 3.53. The normalized spacial score (nSPS) is 14.0. The largest absolute Gasteiger partial charge is 0.416 e. The second-order valence-electron chi connectivity index (χ2n) is 8.46. The number of imidazole rings is 1. The minimum atomic E-state index is -4.53.